The fourth-order valence-electron chi connectivity index (χ4n) is 1.64. The van der Waals surface area contributed by atoms with Crippen LogP contribution in [-0.2, 0) is 6.54 Å². The first-order valence-electron chi connectivity index (χ1n) is 5.39. The first-order chi connectivity index (χ1) is 7.81. The van der Waals surface area contributed by atoms with E-state index in [0.717, 1.165) is 17.0 Å². The minimum absolute atomic E-state index is 0.00250. The van der Waals surface area contributed by atoms with Crippen molar-refractivity contribution in [1.29, 1.82) is 0 Å². The fourth-order valence-corrected chi connectivity index (χ4v) is 1.64. The van der Waals surface area contributed by atoms with Gasteiger partial charge in [-0.25, -0.2) is 0 Å². The average molecular weight is 216 g/mol. The second-order valence-corrected chi connectivity index (χ2v) is 3.70. The third-order valence-corrected chi connectivity index (χ3v) is 2.56. The first kappa shape index (κ1) is 10.8. The Morgan fingerprint density at radius 2 is 2.06 bits per heavy atom. The van der Waals surface area contributed by atoms with Crippen molar-refractivity contribution >= 4 is 0 Å². The Balaban J connectivity index is 2.14. The average Bonchev–Trinajstić information content (AvgIpc) is 2.83. The molecule has 0 amide bonds. The van der Waals surface area contributed by atoms with E-state index in [0.29, 0.717) is 6.54 Å². The van der Waals surface area contributed by atoms with Gasteiger partial charge in [-0.3, -0.25) is 0 Å². The van der Waals surface area contributed by atoms with Crippen molar-refractivity contribution in [3.8, 4) is 5.75 Å². The zero-order valence-electron chi connectivity index (χ0n) is 9.31. The summed E-state index contributed by atoms with van der Waals surface area (Å²) in [5, 5.41) is 0. The van der Waals surface area contributed by atoms with Gasteiger partial charge in [-0.15, -0.1) is 0 Å². The van der Waals surface area contributed by atoms with Gasteiger partial charge in [-0.05, 0) is 25.1 Å². The van der Waals surface area contributed by atoms with Crippen molar-refractivity contribution in [2.45, 2.75) is 19.6 Å². The molecule has 1 aromatic heterocycles. The molecular weight excluding hydrogens is 200 g/mol. The number of hydrogen-bond donors (Lipinski definition) is 2. The monoisotopic (exact) mass is 216 g/mol. The number of para-hydroxylation sites is 1. The molecule has 0 saturated heterocycles. The number of aromatic nitrogens is 1. The van der Waals surface area contributed by atoms with Gasteiger partial charge in [-0.1, -0.05) is 18.2 Å². The second kappa shape index (κ2) is 4.86. The highest BCUT2D eigenvalue weighted by atomic mass is 16.5. The van der Waals surface area contributed by atoms with Gasteiger partial charge in [0.05, 0.1) is 5.69 Å². The van der Waals surface area contributed by atoms with Gasteiger partial charge in [-0.2, -0.15) is 0 Å². The Labute approximate surface area is 95.2 Å². The lowest BCUT2D eigenvalue weighted by Crippen LogP contribution is -2.07. The van der Waals surface area contributed by atoms with Crippen LogP contribution in [-0.4, -0.2) is 4.98 Å². The Morgan fingerprint density at radius 3 is 2.75 bits per heavy atom. The van der Waals surface area contributed by atoms with Crippen molar-refractivity contribution in [3.63, 3.8) is 0 Å². The summed E-state index contributed by atoms with van der Waals surface area (Å²) in [4.78, 5) is 3.14. The molecule has 0 spiro atoms. The van der Waals surface area contributed by atoms with Crippen LogP contribution < -0.4 is 10.5 Å². The molecule has 2 rings (SSSR count). The Bertz CT molecular complexity index is 437. The molecule has 0 aliphatic carbocycles. The summed E-state index contributed by atoms with van der Waals surface area (Å²) in [6, 6.07) is 11.8. The number of nitrogens with one attached hydrogen (secondary N) is 1. The molecule has 3 N–H and O–H groups in total. The molecule has 1 unspecified atom stereocenters. The lowest BCUT2D eigenvalue weighted by atomic mass is 10.2. The maximum absolute atomic E-state index is 5.87. The molecule has 84 valence electrons. The summed E-state index contributed by atoms with van der Waals surface area (Å²) in [6.45, 7) is 2.51. The van der Waals surface area contributed by atoms with Crippen LogP contribution in [0, 0.1) is 0 Å². The lowest BCUT2D eigenvalue weighted by molar-refractivity contribution is 0.220. The van der Waals surface area contributed by atoms with Crippen LogP contribution in [0.3, 0.4) is 0 Å². The Morgan fingerprint density at radius 1 is 1.25 bits per heavy atom. The zero-order valence-corrected chi connectivity index (χ0v) is 9.31. The van der Waals surface area contributed by atoms with E-state index in [1.54, 1.807) is 0 Å². The third-order valence-electron chi connectivity index (χ3n) is 2.56. The molecular formula is C13H16N2O. The van der Waals surface area contributed by atoms with Crippen LogP contribution >= 0.6 is 0 Å². The normalized spacial score (nSPS) is 12.4. The minimum atomic E-state index is 0.00250. The van der Waals surface area contributed by atoms with Crippen molar-refractivity contribution in [2.24, 2.45) is 5.73 Å². The van der Waals surface area contributed by atoms with Gasteiger partial charge in [0.15, 0.2) is 0 Å². The standard InChI is InChI=1S/C13H16N2O/c1-10(12-6-4-8-15-12)16-13-7-3-2-5-11(13)9-14/h2-8,10,15H,9,14H2,1H3. The summed E-state index contributed by atoms with van der Waals surface area (Å²) in [6.07, 6.45) is 1.90. The van der Waals surface area contributed by atoms with Gasteiger partial charge in [0.25, 0.3) is 0 Å². The lowest BCUT2D eigenvalue weighted by Gasteiger charge is -2.15. The number of benzene rings is 1. The van der Waals surface area contributed by atoms with Crippen molar-refractivity contribution in [1.82, 2.24) is 4.98 Å². The summed E-state index contributed by atoms with van der Waals surface area (Å²) < 4.78 is 5.87. The van der Waals surface area contributed by atoms with E-state index in [4.69, 9.17) is 10.5 Å². The topological polar surface area (TPSA) is 51.0 Å². The van der Waals surface area contributed by atoms with Crippen molar-refractivity contribution < 1.29 is 4.74 Å². The van der Waals surface area contributed by atoms with Crippen LogP contribution in [0.5, 0.6) is 5.75 Å². The van der Waals surface area contributed by atoms with E-state index in [1.807, 2.05) is 49.5 Å². The van der Waals surface area contributed by atoms with E-state index in [2.05, 4.69) is 4.98 Å². The van der Waals surface area contributed by atoms with Crippen molar-refractivity contribution in [2.75, 3.05) is 0 Å². The van der Waals surface area contributed by atoms with Crippen LogP contribution in [0.15, 0.2) is 42.6 Å². The number of ether oxygens (including phenoxy) is 1. The van der Waals surface area contributed by atoms with Gasteiger partial charge >= 0.3 is 0 Å². The highest BCUT2D eigenvalue weighted by Crippen LogP contribution is 2.23. The number of aromatic amines is 1. The number of rotatable bonds is 4. The molecule has 1 heterocycles. The van der Waals surface area contributed by atoms with Gasteiger partial charge in [0.2, 0.25) is 0 Å². The highest BCUT2D eigenvalue weighted by Gasteiger charge is 2.09. The maximum atomic E-state index is 5.87. The van der Waals surface area contributed by atoms with E-state index < -0.39 is 0 Å². The van der Waals surface area contributed by atoms with Gasteiger partial charge in [0.1, 0.15) is 11.9 Å². The molecule has 0 saturated carbocycles. The quantitative estimate of drug-likeness (QED) is 0.825. The molecule has 2 aromatic rings. The van der Waals surface area contributed by atoms with E-state index in [9.17, 15) is 0 Å². The Kier molecular flexibility index (Phi) is 3.27. The van der Waals surface area contributed by atoms with Crippen LogP contribution in [0.2, 0.25) is 0 Å². The van der Waals surface area contributed by atoms with E-state index in [-0.39, 0.29) is 6.10 Å². The SMILES string of the molecule is CC(Oc1ccccc1CN)c1ccc[nH]1. The zero-order chi connectivity index (χ0) is 11.4. The van der Waals surface area contributed by atoms with E-state index >= 15 is 0 Å². The molecule has 0 aliphatic heterocycles. The van der Waals surface area contributed by atoms with Crippen LogP contribution in [0.4, 0.5) is 0 Å². The maximum Gasteiger partial charge on any atom is 0.136 e. The molecule has 0 fully saturated rings. The molecule has 0 bridgehead atoms. The summed E-state index contributed by atoms with van der Waals surface area (Å²) in [5.41, 5.74) is 7.75. The fraction of sp³-hybridized carbons (Fsp3) is 0.231. The van der Waals surface area contributed by atoms with Gasteiger partial charge < -0.3 is 15.5 Å². The molecule has 3 nitrogen and oxygen atoms in total. The molecule has 0 radical (unpaired) electrons. The van der Waals surface area contributed by atoms with Gasteiger partial charge in [0, 0.05) is 18.3 Å². The van der Waals surface area contributed by atoms with Crippen molar-refractivity contribution in [3.05, 3.63) is 53.9 Å². The summed E-state index contributed by atoms with van der Waals surface area (Å²) >= 11 is 0. The summed E-state index contributed by atoms with van der Waals surface area (Å²) in [5.74, 6) is 0.854. The predicted octanol–water partition coefficient (Wildman–Crippen LogP) is 2.61. The smallest absolute Gasteiger partial charge is 0.136 e. The largest absolute Gasteiger partial charge is 0.484 e. The number of nitrogens with two attached hydrogens (primary N) is 1. The molecule has 1 atom stereocenters. The molecule has 16 heavy (non-hydrogen) atoms. The minimum Gasteiger partial charge on any atom is -0.484 e. The highest BCUT2D eigenvalue weighted by molar-refractivity contribution is 5.33. The summed E-state index contributed by atoms with van der Waals surface area (Å²) in [7, 11) is 0. The van der Waals surface area contributed by atoms with Crippen LogP contribution in [0.1, 0.15) is 24.3 Å². The molecule has 3 heteroatoms. The Hall–Kier alpha value is -1.74. The van der Waals surface area contributed by atoms with Crippen LogP contribution in [0.25, 0.3) is 0 Å². The van der Waals surface area contributed by atoms with E-state index in [1.165, 1.54) is 0 Å². The first-order valence-corrected chi connectivity index (χ1v) is 5.39. The second-order valence-electron chi connectivity index (χ2n) is 3.70. The number of hydrogen-bond acceptors (Lipinski definition) is 2. The number of H-pyrrole nitrogens is 1. The molecule has 0 aliphatic rings. The predicted molar refractivity (Wildman–Crippen MR) is 64.2 cm³/mol. The third kappa shape index (κ3) is 2.25. The molecule has 1 aromatic carbocycles.